The molecule has 4 heteroatoms. The predicted molar refractivity (Wildman–Crippen MR) is 85.2 cm³/mol. The van der Waals surface area contributed by atoms with E-state index < -0.39 is 5.97 Å². The molecule has 2 rings (SSSR count). The molecule has 2 aromatic rings. The zero-order valence-electron chi connectivity index (χ0n) is 12.5. The summed E-state index contributed by atoms with van der Waals surface area (Å²) in [7, 11) is 0. The average Bonchev–Trinajstić information content (AvgIpc) is 2.43. The van der Waals surface area contributed by atoms with E-state index in [0.29, 0.717) is 5.56 Å². The molecule has 21 heavy (non-hydrogen) atoms. The van der Waals surface area contributed by atoms with Gasteiger partial charge in [-0.15, -0.1) is 0 Å². The van der Waals surface area contributed by atoms with Gasteiger partial charge < -0.3 is 5.11 Å². The van der Waals surface area contributed by atoms with Gasteiger partial charge in [0.25, 0.3) is 0 Å². The number of carboxylic acid groups (broad SMARTS) is 1. The number of aromatic nitrogens is 1. The minimum Gasteiger partial charge on any atom is -0.478 e. The van der Waals surface area contributed by atoms with Gasteiger partial charge in [0.1, 0.15) is 5.03 Å². The number of hydrogen-bond donors (Lipinski definition) is 1. The summed E-state index contributed by atoms with van der Waals surface area (Å²) in [5, 5.41) is 9.95. The molecule has 0 radical (unpaired) electrons. The topological polar surface area (TPSA) is 50.2 Å². The minimum atomic E-state index is -0.906. The minimum absolute atomic E-state index is 0.305. The number of rotatable bonds is 5. The molecule has 1 aromatic carbocycles. The smallest absolute Gasteiger partial charge is 0.335 e. The molecule has 110 valence electrons. The van der Waals surface area contributed by atoms with Crippen LogP contribution in [-0.4, -0.2) is 16.1 Å². The molecule has 0 saturated carbocycles. The van der Waals surface area contributed by atoms with Gasteiger partial charge in [0.15, 0.2) is 0 Å². The number of pyridine rings is 1. The van der Waals surface area contributed by atoms with Crippen molar-refractivity contribution in [2.45, 2.75) is 43.5 Å². The lowest BCUT2D eigenvalue weighted by molar-refractivity contribution is 0.0696. The highest BCUT2D eigenvalue weighted by atomic mass is 32.2. The maximum atomic E-state index is 11.2. The fraction of sp³-hybridized carbons (Fsp3) is 0.294. The first-order chi connectivity index (χ1) is 9.99. The van der Waals surface area contributed by atoms with Crippen LogP contribution in [0, 0.1) is 13.8 Å². The highest BCUT2D eigenvalue weighted by molar-refractivity contribution is 7.99. The third-order valence-corrected chi connectivity index (χ3v) is 4.22. The van der Waals surface area contributed by atoms with E-state index in [1.165, 1.54) is 22.9 Å². The Hall–Kier alpha value is -1.81. The van der Waals surface area contributed by atoms with Crippen LogP contribution < -0.4 is 0 Å². The molecule has 0 bridgehead atoms. The summed E-state index contributed by atoms with van der Waals surface area (Å²) in [5.41, 5.74) is 3.62. The Morgan fingerprint density at radius 3 is 2.57 bits per heavy atom. The molecule has 0 aliphatic heterocycles. The molecular weight excluding hydrogens is 282 g/mol. The van der Waals surface area contributed by atoms with Crippen molar-refractivity contribution in [3.63, 3.8) is 0 Å². The fourth-order valence-electron chi connectivity index (χ4n) is 2.02. The summed E-state index contributed by atoms with van der Waals surface area (Å²) in [5.74, 6) is -0.906. The number of aryl methyl sites for hydroxylation is 3. The summed E-state index contributed by atoms with van der Waals surface area (Å²) < 4.78 is 0. The van der Waals surface area contributed by atoms with Crippen LogP contribution in [0.4, 0.5) is 0 Å². The van der Waals surface area contributed by atoms with Gasteiger partial charge >= 0.3 is 5.97 Å². The maximum absolute atomic E-state index is 11.2. The normalized spacial score (nSPS) is 10.6. The SMILES string of the molecule is CCCc1cc(C(=O)O)cc(Sc2ccc(C)c(C)c2)n1. The Morgan fingerprint density at radius 1 is 1.19 bits per heavy atom. The lowest BCUT2D eigenvalue weighted by Gasteiger charge is -2.08. The monoisotopic (exact) mass is 301 g/mol. The molecule has 0 atom stereocenters. The van der Waals surface area contributed by atoms with E-state index in [4.69, 9.17) is 0 Å². The molecular formula is C17H19NO2S. The van der Waals surface area contributed by atoms with Gasteiger partial charge in [-0.1, -0.05) is 31.2 Å². The Morgan fingerprint density at radius 2 is 1.95 bits per heavy atom. The number of benzene rings is 1. The predicted octanol–water partition coefficient (Wildman–Crippen LogP) is 4.50. The van der Waals surface area contributed by atoms with Crippen molar-refractivity contribution in [3.8, 4) is 0 Å². The first-order valence-corrected chi connectivity index (χ1v) is 7.80. The molecule has 1 heterocycles. The number of hydrogen-bond acceptors (Lipinski definition) is 3. The lowest BCUT2D eigenvalue weighted by atomic mass is 10.1. The molecule has 1 aromatic heterocycles. The van der Waals surface area contributed by atoms with Crippen LogP contribution in [0.5, 0.6) is 0 Å². The molecule has 0 unspecified atom stereocenters. The standard InChI is InChI=1S/C17H19NO2S/c1-4-5-14-9-13(17(19)20)10-16(18-14)21-15-7-6-11(2)12(3)8-15/h6-10H,4-5H2,1-3H3,(H,19,20). The molecule has 1 N–H and O–H groups in total. The second kappa shape index (κ2) is 6.76. The van der Waals surface area contributed by atoms with Crippen LogP contribution in [0.25, 0.3) is 0 Å². The van der Waals surface area contributed by atoms with E-state index in [-0.39, 0.29) is 0 Å². The molecule has 0 amide bonds. The van der Waals surface area contributed by atoms with Crippen LogP contribution in [0.1, 0.15) is 40.5 Å². The fourth-order valence-corrected chi connectivity index (χ4v) is 2.98. The Bertz CT molecular complexity index is 668. The number of aromatic carboxylic acids is 1. The summed E-state index contributed by atoms with van der Waals surface area (Å²) in [6.45, 7) is 6.21. The second-order valence-corrected chi connectivity index (χ2v) is 6.18. The van der Waals surface area contributed by atoms with Crippen molar-refractivity contribution >= 4 is 17.7 Å². The van der Waals surface area contributed by atoms with Crippen molar-refractivity contribution < 1.29 is 9.90 Å². The van der Waals surface area contributed by atoms with Crippen molar-refractivity contribution in [3.05, 3.63) is 52.7 Å². The van der Waals surface area contributed by atoms with Crippen LogP contribution in [0.3, 0.4) is 0 Å². The number of nitrogens with zero attached hydrogens (tertiary/aromatic N) is 1. The van der Waals surface area contributed by atoms with E-state index in [1.54, 1.807) is 12.1 Å². The van der Waals surface area contributed by atoms with E-state index in [2.05, 4.69) is 37.9 Å². The van der Waals surface area contributed by atoms with E-state index in [9.17, 15) is 9.90 Å². The summed E-state index contributed by atoms with van der Waals surface area (Å²) in [6.07, 6.45) is 1.74. The molecule has 0 fully saturated rings. The van der Waals surface area contributed by atoms with Crippen molar-refractivity contribution in [2.24, 2.45) is 0 Å². The van der Waals surface area contributed by atoms with Crippen LogP contribution >= 0.6 is 11.8 Å². The van der Waals surface area contributed by atoms with Gasteiger partial charge in [-0.2, -0.15) is 0 Å². The van der Waals surface area contributed by atoms with Gasteiger partial charge in [0.05, 0.1) is 5.56 Å². The molecule has 0 saturated heterocycles. The zero-order valence-corrected chi connectivity index (χ0v) is 13.3. The Balaban J connectivity index is 2.33. The third kappa shape index (κ3) is 4.08. The van der Waals surface area contributed by atoms with Gasteiger partial charge in [0, 0.05) is 10.6 Å². The van der Waals surface area contributed by atoms with Crippen molar-refractivity contribution in [1.29, 1.82) is 0 Å². The summed E-state index contributed by atoms with van der Waals surface area (Å²) >= 11 is 1.51. The summed E-state index contributed by atoms with van der Waals surface area (Å²) in [4.78, 5) is 16.9. The largest absolute Gasteiger partial charge is 0.478 e. The van der Waals surface area contributed by atoms with Gasteiger partial charge in [-0.05, 0) is 55.7 Å². The quantitative estimate of drug-likeness (QED) is 0.883. The zero-order chi connectivity index (χ0) is 15.4. The highest BCUT2D eigenvalue weighted by Crippen LogP contribution is 2.28. The summed E-state index contributed by atoms with van der Waals surface area (Å²) in [6, 6.07) is 9.53. The third-order valence-electron chi connectivity index (χ3n) is 3.31. The first-order valence-electron chi connectivity index (χ1n) is 6.99. The van der Waals surface area contributed by atoms with E-state index in [0.717, 1.165) is 28.5 Å². The maximum Gasteiger partial charge on any atom is 0.335 e. The van der Waals surface area contributed by atoms with E-state index >= 15 is 0 Å². The van der Waals surface area contributed by atoms with Gasteiger partial charge in [-0.3, -0.25) is 0 Å². The number of carbonyl (C=O) groups is 1. The molecule has 0 aliphatic rings. The second-order valence-electron chi connectivity index (χ2n) is 5.09. The Labute approximate surface area is 129 Å². The van der Waals surface area contributed by atoms with Crippen LogP contribution in [0.15, 0.2) is 40.3 Å². The van der Waals surface area contributed by atoms with Crippen molar-refractivity contribution in [2.75, 3.05) is 0 Å². The Kier molecular flexibility index (Phi) is 5.02. The highest BCUT2D eigenvalue weighted by Gasteiger charge is 2.09. The average molecular weight is 301 g/mol. The van der Waals surface area contributed by atoms with E-state index in [1.807, 2.05) is 6.07 Å². The van der Waals surface area contributed by atoms with Crippen LogP contribution in [0.2, 0.25) is 0 Å². The van der Waals surface area contributed by atoms with Crippen LogP contribution in [-0.2, 0) is 6.42 Å². The number of carboxylic acids is 1. The molecule has 3 nitrogen and oxygen atoms in total. The van der Waals surface area contributed by atoms with Gasteiger partial charge in [-0.25, -0.2) is 9.78 Å². The van der Waals surface area contributed by atoms with Crippen molar-refractivity contribution in [1.82, 2.24) is 4.98 Å². The molecule has 0 aliphatic carbocycles. The first kappa shape index (κ1) is 15.6. The molecule has 0 spiro atoms. The van der Waals surface area contributed by atoms with Gasteiger partial charge in [0.2, 0.25) is 0 Å². The lowest BCUT2D eigenvalue weighted by Crippen LogP contribution is -2.01.